The standard InChI is InChI=1S/C18H19N3O6/c1-3-27-15(23)10-20-18(26)13(8-9-14(22)19(20)2)21-16(24)11-6-4-5-7-12(11)17(21)25/h4-7,13H,3,8-10H2,1-2H3/t13-/m0/s1. The average Bonchev–Trinajstić information content (AvgIpc) is 2.85. The Morgan fingerprint density at radius 2 is 1.70 bits per heavy atom. The molecule has 1 saturated heterocycles. The van der Waals surface area contributed by atoms with Crippen LogP contribution in [0.5, 0.6) is 0 Å². The lowest BCUT2D eigenvalue weighted by Crippen LogP contribution is -2.55. The van der Waals surface area contributed by atoms with Gasteiger partial charge in [0.25, 0.3) is 17.7 Å². The smallest absolute Gasteiger partial charge is 0.327 e. The van der Waals surface area contributed by atoms with Gasteiger partial charge in [-0.05, 0) is 25.5 Å². The SMILES string of the molecule is CCOC(=O)CN1C(=O)[C@@H](N2C(=O)c3ccccc3C2=O)CCC(=O)N1C. The van der Waals surface area contributed by atoms with Crippen LogP contribution < -0.4 is 0 Å². The highest BCUT2D eigenvalue weighted by molar-refractivity contribution is 6.23. The van der Waals surface area contributed by atoms with Gasteiger partial charge in [-0.25, -0.2) is 5.01 Å². The molecule has 1 fully saturated rings. The lowest BCUT2D eigenvalue weighted by molar-refractivity contribution is -0.167. The van der Waals surface area contributed by atoms with E-state index in [1.807, 2.05) is 0 Å². The molecule has 0 N–H and O–H groups in total. The number of amides is 4. The van der Waals surface area contributed by atoms with Crippen molar-refractivity contribution in [1.29, 1.82) is 0 Å². The molecule has 0 radical (unpaired) electrons. The van der Waals surface area contributed by atoms with Crippen molar-refractivity contribution in [3.8, 4) is 0 Å². The number of carbonyl (C=O) groups is 5. The minimum absolute atomic E-state index is 0.00714. The number of hydrogen-bond donors (Lipinski definition) is 0. The summed E-state index contributed by atoms with van der Waals surface area (Å²) in [5, 5.41) is 1.97. The highest BCUT2D eigenvalue weighted by Crippen LogP contribution is 2.28. The quantitative estimate of drug-likeness (QED) is 0.552. The Bertz CT molecular complexity index is 801. The molecule has 142 valence electrons. The predicted molar refractivity (Wildman–Crippen MR) is 91.1 cm³/mol. The largest absolute Gasteiger partial charge is 0.465 e. The molecule has 27 heavy (non-hydrogen) atoms. The molecule has 0 spiro atoms. The summed E-state index contributed by atoms with van der Waals surface area (Å²) in [5.74, 6) is -2.92. The maximum atomic E-state index is 13.0. The molecular weight excluding hydrogens is 354 g/mol. The molecule has 9 heteroatoms. The van der Waals surface area contributed by atoms with Crippen LogP contribution in [0.15, 0.2) is 24.3 Å². The van der Waals surface area contributed by atoms with Crippen LogP contribution in [0.25, 0.3) is 0 Å². The van der Waals surface area contributed by atoms with E-state index in [2.05, 4.69) is 0 Å². The van der Waals surface area contributed by atoms with Gasteiger partial charge in [0.15, 0.2) is 0 Å². The van der Waals surface area contributed by atoms with E-state index in [-0.39, 0.29) is 30.6 Å². The molecule has 4 amide bonds. The van der Waals surface area contributed by atoms with E-state index in [4.69, 9.17) is 4.74 Å². The van der Waals surface area contributed by atoms with Crippen LogP contribution in [0.3, 0.4) is 0 Å². The second kappa shape index (κ2) is 7.18. The Balaban J connectivity index is 1.92. The monoisotopic (exact) mass is 373 g/mol. The molecule has 9 nitrogen and oxygen atoms in total. The van der Waals surface area contributed by atoms with Crippen LogP contribution in [0.4, 0.5) is 0 Å². The van der Waals surface area contributed by atoms with Gasteiger partial charge in [-0.1, -0.05) is 12.1 Å². The van der Waals surface area contributed by atoms with Crippen molar-refractivity contribution < 1.29 is 28.7 Å². The van der Waals surface area contributed by atoms with Crippen molar-refractivity contribution in [2.24, 2.45) is 0 Å². The first kappa shape index (κ1) is 18.6. The molecule has 2 aliphatic rings. The fraction of sp³-hybridized carbons (Fsp3) is 0.389. The molecule has 1 aromatic rings. The maximum Gasteiger partial charge on any atom is 0.327 e. The number of ether oxygens (including phenoxy) is 1. The number of imide groups is 1. The third-order valence-electron chi connectivity index (χ3n) is 4.62. The van der Waals surface area contributed by atoms with Crippen LogP contribution >= 0.6 is 0 Å². The van der Waals surface area contributed by atoms with Crippen molar-refractivity contribution in [3.05, 3.63) is 35.4 Å². The number of hydrazine groups is 1. The minimum Gasteiger partial charge on any atom is -0.465 e. The predicted octanol–water partition coefficient (Wildman–Crippen LogP) is 0.210. The van der Waals surface area contributed by atoms with Crippen LogP contribution in [-0.2, 0) is 19.1 Å². The fourth-order valence-corrected chi connectivity index (χ4v) is 3.24. The summed E-state index contributed by atoms with van der Waals surface area (Å²) >= 11 is 0. The van der Waals surface area contributed by atoms with Crippen LogP contribution in [0, 0.1) is 0 Å². The maximum absolute atomic E-state index is 13.0. The molecule has 0 aromatic heterocycles. The van der Waals surface area contributed by atoms with Crippen LogP contribution in [-0.4, -0.2) is 70.8 Å². The van der Waals surface area contributed by atoms with Crippen LogP contribution in [0.1, 0.15) is 40.5 Å². The van der Waals surface area contributed by atoms with E-state index >= 15 is 0 Å². The highest BCUT2D eigenvalue weighted by atomic mass is 16.5. The number of fused-ring (bicyclic) bond motifs is 1. The summed E-state index contributed by atoms with van der Waals surface area (Å²) in [5.41, 5.74) is 0.437. The second-order valence-electron chi connectivity index (χ2n) is 6.20. The summed E-state index contributed by atoms with van der Waals surface area (Å²) in [6, 6.07) is 5.13. The number of esters is 1. The van der Waals surface area contributed by atoms with Gasteiger partial charge in [-0.3, -0.25) is 33.9 Å². The zero-order chi connectivity index (χ0) is 19.7. The molecule has 0 saturated carbocycles. The van der Waals surface area contributed by atoms with Gasteiger partial charge in [0.05, 0.1) is 17.7 Å². The molecule has 1 aromatic carbocycles. The third-order valence-corrected chi connectivity index (χ3v) is 4.62. The topological polar surface area (TPSA) is 104 Å². The number of rotatable bonds is 4. The summed E-state index contributed by atoms with van der Waals surface area (Å²) in [4.78, 5) is 63.4. The van der Waals surface area contributed by atoms with E-state index in [9.17, 15) is 24.0 Å². The lowest BCUT2D eigenvalue weighted by Gasteiger charge is -2.32. The zero-order valence-corrected chi connectivity index (χ0v) is 15.0. The van der Waals surface area contributed by atoms with Gasteiger partial charge < -0.3 is 4.74 Å². The fourth-order valence-electron chi connectivity index (χ4n) is 3.24. The zero-order valence-electron chi connectivity index (χ0n) is 15.0. The third kappa shape index (κ3) is 3.16. The number of nitrogens with zero attached hydrogens (tertiary/aromatic N) is 3. The Morgan fingerprint density at radius 1 is 1.11 bits per heavy atom. The first-order valence-corrected chi connectivity index (χ1v) is 8.57. The Morgan fingerprint density at radius 3 is 2.26 bits per heavy atom. The van der Waals surface area contributed by atoms with Gasteiger partial charge in [0, 0.05) is 13.5 Å². The normalized spacial score (nSPS) is 20.1. The van der Waals surface area contributed by atoms with Gasteiger partial charge in [-0.2, -0.15) is 0 Å². The minimum atomic E-state index is -1.17. The van der Waals surface area contributed by atoms with Gasteiger partial charge in [0.2, 0.25) is 5.91 Å². The van der Waals surface area contributed by atoms with Gasteiger partial charge in [-0.15, -0.1) is 0 Å². The lowest BCUT2D eigenvalue weighted by atomic mass is 10.1. The molecule has 2 heterocycles. The molecule has 0 bridgehead atoms. The van der Waals surface area contributed by atoms with Crippen molar-refractivity contribution in [1.82, 2.24) is 14.9 Å². The molecule has 2 aliphatic heterocycles. The number of hydrogen-bond acceptors (Lipinski definition) is 6. The second-order valence-corrected chi connectivity index (χ2v) is 6.20. The van der Waals surface area contributed by atoms with Crippen molar-refractivity contribution in [2.75, 3.05) is 20.2 Å². The first-order valence-electron chi connectivity index (χ1n) is 8.57. The van der Waals surface area contributed by atoms with Crippen molar-refractivity contribution in [2.45, 2.75) is 25.8 Å². The van der Waals surface area contributed by atoms with Gasteiger partial charge in [0.1, 0.15) is 12.6 Å². The van der Waals surface area contributed by atoms with E-state index in [0.29, 0.717) is 0 Å². The molecule has 0 aliphatic carbocycles. The van der Waals surface area contributed by atoms with Gasteiger partial charge >= 0.3 is 5.97 Å². The molecule has 3 rings (SSSR count). The van der Waals surface area contributed by atoms with E-state index in [0.717, 1.165) is 14.9 Å². The van der Waals surface area contributed by atoms with Crippen molar-refractivity contribution >= 4 is 29.6 Å². The highest BCUT2D eigenvalue weighted by Gasteiger charge is 2.46. The number of benzene rings is 1. The summed E-state index contributed by atoms with van der Waals surface area (Å²) in [6.07, 6.45) is -0.0492. The molecule has 0 unspecified atom stereocenters. The number of carbonyl (C=O) groups excluding carboxylic acids is 5. The van der Waals surface area contributed by atoms with Crippen LogP contribution in [0.2, 0.25) is 0 Å². The summed E-state index contributed by atoms with van der Waals surface area (Å²) < 4.78 is 4.85. The van der Waals surface area contributed by atoms with Crippen molar-refractivity contribution in [3.63, 3.8) is 0 Å². The van der Waals surface area contributed by atoms with E-state index < -0.39 is 42.2 Å². The average molecular weight is 373 g/mol. The van der Waals surface area contributed by atoms with E-state index in [1.165, 1.54) is 19.2 Å². The Hall–Kier alpha value is -3.23. The summed E-state index contributed by atoms with van der Waals surface area (Å²) in [7, 11) is 1.37. The Labute approximate surface area is 155 Å². The van der Waals surface area contributed by atoms with E-state index in [1.54, 1.807) is 19.1 Å². The first-order chi connectivity index (χ1) is 12.9. The Kier molecular flexibility index (Phi) is 4.93. The molecular formula is C18H19N3O6. The summed E-state index contributed by atoms with van der Waals surface area (Å²) in [6.45, 7) is 1.27. The molecule has 1 atom stereocenters.